The Balaban J connectivity index is 1.63. The predicted molar refractivity (Wildman–Crippen MR) is 99.9 cm³/mol. The molecule has 146 valence electrons. The second-order valence-electron chi connectivity index (χ2n) is 5.37. The van der Waals surface area contributed by atoms with Crippen molar-refractivity contribution in [3.63, 3.8) is 0 Å². The van der Waals surface area contributed by atoms with Crippen LogP contribution in [0.1, 0.15) is 12.0 Å². The lowest BCUT2D eigenvalue weighted by atomic mass is 10.2. The summed E-state index contributed by atoms with van der Waals surface area (Å²) < 4.78 is 36.1. The van der Waals surface area contributed by atoms with Crippen molar-refractivity contribution < 1.29 is 27.5 Å². The first-order valence-corrected chi connectivity index (χ1v) is 10.4. The zero-order valence-corrected chi connectivity index (χ0v) is 16.3. The molecule has 0 spiro atoms. The molecule has 0 radical (unpaired) electrons. The SMILES string of the molecule is COc1ccc(CNC(=O)COC(=O)CCNS(=O)(=O)c2cccs2)cc1. The highest BCUT2D eigenvalue weighted by molar-refractivity contribution is 7.91. The van der Waals surface area contributed by atoms with Gasteiger partial charge in [-0.3, -0.25) is 9.59 Å². The minimum absolute atomic E-state index is 0.105. The Morgan fingerprint density at radius 2 is 1.89 bits per heavy atom. The number of sulfonamides is 1. The average Bonchev–Trinajstić information content (AvgIpc) is 3.21. The smallest absolute Gasteiger partial charge is 0.307 e. The summed E-state index contributed by atoms with van der Waals surface area (Å²) in [7, 11) is -2.05. The number of hydrogen-bond acceptors (Lipinski definition) is 7. The van der Waals surface area contributed by atoms with Crippen LogP contribution in [0, 0.1) is 0 Å². The fraction of sp³-hybridized carbons (Fsp3) is 0.294. The van der Waals surface area contributed by atoms with Gasteiger partial charge in [0.25, 0.3) is 5.91 Å². The predicted octanol–water partition coefficient (Wildman–Crippen LogP) is 1.28. The summed E-state index contributed by atoms with van der Waals surface area (Å²) in [6.45, 7) is -0.236. The molecule has 0 atom stereocenters. The molecule has 2 rings (SSSR count). The van der Waals surface area contributed by atoms with Gasteiger partial charge in [-0.05, 0) is 29.1 Å². The van der Waals surface area contributed by atoms with Crippen LogP contribution in [0.15, 0.2) is 46.0 Å². The lowest BCUT2D eigenvalue weighted by Gasteiger charge is -2.08. The van der Waals surface area contributed by atoms with Gasteiger partial charge in [0.15, 0.2) is 6.61 Å². The summed E-state index contributed by atoms with van der Waals surface area (Å²) in [5.74, 6) is -0.393. The Kier molecular flexibility index (Phi) is 7.77. The van der Waals surface area contributed by atoms with Crippen LogP contribution in [-0.4, -0.2) is 40.6 Å². The molecule has 27 heavy (non-hydrogen) atoms. The minimum Gasteiger partial charge on any atom is -0.497 e. The van der Waals surface area contributed by atoms with Gasteiger partial charge in [0.1, 0.15) is 9.96 Å². The van der Waals surface area contributed by atoms with Crippen molar-refractivity contribution in [2.75, 3.05) is 20.3 Å². The van der Waals surface area contributed by atoms with Crippen LogP contribution in [0.4, 0.5) is 0 Å². The highest BCUT2D eigenvalue weighted by Gasteiger charge is 2.15. The maximum Gasteiger partial charge on any atom is 0.307 e. The molecule has 0 bridgehead atoms. The number of thiophene rings is 1. The van der Waals surface area contributed by atoms with E-state index in [9.17, 15) is 18.0 Å². The van der Waals surface area contributed by atoms with Gasteiger partial charge in [-0.25, -0.2) is 13.1 Å². The minimum atomic E-state index is -3.62. The van der Waals surface area contributed by atoms with E-state index in [4.69, 9.17) is 9.47 Å². The number of hydrogen-bond donors (Lipinski definition) is 2. The largest absolute Gasteiger partial charge is 0.497 e. The molecule has 0 saturated carbocycles. The molecule has 8 nitrogen and oxygen atoms in total. The molecular formula is C17H20N2O6S2. The zero-order chi connectivity index (χ0) is 19.7. The van der Waals surface area contributed by atoms with E-state index in [0.717, 1.165) is 16.9 Å². The molecule has 0 aliphatic rings. The number of carbonyl (C=O) groups is 2. The van der Waals surface area contributed by atoms with Crippen LogP contribution in [0.2, 0.25) is 0 Å². The Morgan fingerprint density at radius 3 is 2.52 bits per heavy atom. The average molecular weight is 412 g/mol. The molecule has 1 aromatic heterocycles. The molecule has 2 N–H and O–H groups in total. The van der Waals surface area contributed by atoms with Gasteiger partial charge in [0.2, 0.25) is 10.0 Å². The monoisotopic (exact) mass is 412 g/mol. The van der Waals surface area contributed by atoms with Gasteiger partial charge in [-0.1, -0.05) is 18.2 Å². The Labute approximate surface area is 161 Å². The number of benzene rings is 1. The fourth-order valence-electron chi connectivity index (χ4n) is 1.99. The van der Waals surface area contributed by atoms with E-state index in [0.29, 0.717) is 12.3 Å². The third kappa shape index (κ3) is 7.00. The van der Waals surface area contributed by atoms with Gasteiger partial charge >= 0.3 is 5.97 Å². The van der Waals surface area contributed by atoms with Crippen molar-refractivity contribution in [1.82, 2.24) is 10.0 Å². The van der Waals surface area contributed by atoms with Crippen LogP contribution >= 0.6 is 11.3 Å². The molecule has 0 unspecified atom stereocenters. The summed E-state index contributed by atoms with van der Waals surface area (Å²) in [6, 6.07) is 10.3. The summed E-state index contributed by atoms with van der Waals surface area (Å²) in [6.07, 6.45) is -0.170. The second kappa shape index (κ2) is 10.0. The van der Waals surface area contributed by atoms with Crippen molar-refractivity contribution in [3.05, 3.63) is 47.3 Å². The maximum absolute atomic E-state index is 11.9. The van der Waals surface area contributed by atoms with Crippen LogP contribution in [0.3, 0.4) is 0 Å². The Morgan fingerprint density at radius 1 is 1.15 bits per heavy atom. The quantitative estimate of drug-likeness (QED) is 0.569. The van der Waals surface area contributed by atoms with E-state index in [1.165, 1.54) is 6.07 Å². The molecule has 2 aromatic rings. The first-order valence-electron chi connectivity index (χ1n) is 7.99. The normalized spacial score (nSPS) is 11.0. The van der Waals surface area contributed by atoms with Gasteiger partial charge < -0.3 is 14.8 Å². The molecular weight excluding hydrogens is 392 g/mol. The summed E-state index contributed by atoms with van der Waals surface area (Å²) >= 11 is 1.08. The van der Waals surface area contributed by atoms with Crippen LogP contribution in [0.25, 0.3) is 0 Å². The lowest BCUT2D eigenvalue weighted by molar-refractivity contribution is -0.148. The molecule has 0 aliphatic carbocycles. The molecule has 0 aliphatic heterocycles. The number of nitrogens with one attached hydrogen (secondary N) is 2. The maximum atomic E-state index is 11.9. The van der Waals surface area contributed by atoms with E-state index in [1.807, 2.05) is 12.1 Å². The van der Waals surface area contributed by atoms with Crippen molar-refractivity contribution in [3.8, 4) is 5.75 Å². The van der Waals surface area contributed by atoms with E-state index >= 15 is 0 Å². The van der Waals surface area contributed by atoms with Crippen LogP contribution in [0.5, 0.6) is 5.75 Å². The molecule has 1 amide bonds. The van der Waals surface area contributed by atoms with Gasteiger partial charge in [0, 0.05) is 13.1 Å². The molecule has 10 heteroatoms. The van der Waals surface area contributed by atoms with Crippen molar-refractivity contribution in [2.45, 2.75) is 17.2 Å². The number of carbonyl (C=O) groups excluding carboxylic acids is 2. The van der Waals surface area contributed by atoms with Crippen LogP contribution in [-0.2, 0) is 30.9 Å². The molecule has 1 heterocycles. The van der Waals surface area contributed by atoms with E-state index < -0.39 is 28.5 Å². The highest BCUT2D eigenvalue weighted by atomic mass is 32.2. The standard InChI is InChI=1S/C17H20N2O6S2/c1-24-14-6-4-13(5-7-14)11-18-15(20)12-25-16(21)8-9-19-27(22,23)17-3-2-10-26-17/h2-7,10,19H,8-9,11-12H2,1H3,(H,18,20). The van der Waals surface area contributed by atoms with Gasteiger partial charge in [-0.15, -0.1) is 11.3 Å². The number of esters is 1. The van der Waals surface area contributed by atoms with E-state index in [-0.39, 0.29) is 17.2 Å². The zero-order valence-electron chi connectivity index (χ0n) is 14.6. The second-order valence-corrected chi connectivity index (χ2v) is 8.31. The first-order chi connectivity index (χ1) is 12.9. The topological polar surface area (TPSA) is 111 Å². The third-order valence-corrected chi connectivity index (χ3v) is 6.25. The number of methoxy groups -OCH3 is 1. The summed E-state index contributed by atoms with van der Waals surface area (Å²) in [5.41, 5.74) is 0.874. The summed E-state index contributed by atoms with van der Waals surface area (Å²) in [5, 5.41) is 4.27. The number of rotatable bonds is 10. The molecule has 0 saturated heterocycles. The highest BCUT2D eigenvalue weighted by Crippen LogP contribution is 2.15. The van der Waals surface area contributed by atoms with Crippen molar-refractivity contribution in [2.24, 2.45) is 0 Å². The Hall–Kier alpha value is -2.43. The Bertz CT molecular complexity index is 848. The molecule has 0 fully saturated rings. The van der Waals surface area contributed by atoms with Crippen LogP contribution < -0.4 is 14.8 Å². The van der Waals surface area contributed by atoms with E-state index in [1.54, 1.807) is 30.7 Å². The van der Waals surface area contributed by atoms with Gasteiger partial charge in [0.05, 0.1) is 13.5 Å². The summed E-state index contributed by atoms with van der Waals surface area (Å²) in [4.78, 5) is 23.3. The van der Waals surface area contributed by atoms with Crippen molar-refractivity contribution >= 4 is 33.2 Å². The lowest BCUT2D eigenvalue weighted by Crippen LogP contribution is -2.30. The number of ether oxygens (including phenoxy) is 2. The third-order valence-electron chi connectivity index (χ3n) is 3.39. The van der Waals surface area contributed by atoms with Gasteiger partial charge in [-0.2, -0.15) is 0 Å². The van der Waals surface area contributed by atoms with Crippen molar-refractivity contribution in [1.29, 1.82) is 0 Å². The first kappa shape index (κ1) is 20.9. The van der Waals surface area contributed by atoms with E-state index in [2.05, 4.69) is 10.0 Å². The number of amides is 1. The molecule has 1 aromatic carbocycles. The fourth-order valence-corrected chi connectivity index (χ4v) is 4.06.